The minimum atomic E-state index is 0.523. The summed E-state index contributed by atoms with van der Waals surface area (Å²) >= 11 is 12.1. The highest BCUT2D eigenvalue weighted by Crippen LogP contribution is 2.26. The smallest absolute Gasteiger partial charge is 0.229 e. The molecule has 2 aromatic carbocycles. The lowest BCUT2D eigenvalue weighted by atomic mass is 10.00. The number of hydrogen-bond donors (Lipinski definition) is 1. The van der Waals surface area contributed by atoms with E-state index < -0.39 is 0 Å². The van der Waals surface area contributed by atoms with Crippen LogP contribution in [-0.4, -0.2) is 16.5 Å². The predicted octanol–water partition coefficient (Wildman–Crippen LogP) is 5.09. The Balaban J connectivity index is 1.56. The van der Waals surface area contributed by atoms with E-state index >= 15 is 0 Å². The molecule has 0 saturated heterocycles. The quantitative estimate of drug-likeness (QED) is 0.696. The lowest BCUT2D eigenvalue weighted by molar-refractivity contribution is 0.720. The van der Waals surface area contributed by atoms with E-state index in [4.69, 9.17) is 23.2 Å². The standard InChI is InChI=1S/C19H16Cl2N4/c20-15-9-16(21)11-17(10-15)23-19-22-7-5-18(24-19)25-8-6-13-3-1-2-4-14(13)12-25/h1-5,7,9-11H,6,8,12H2,(H,22,23,24). The third-order valence-electron chi connectivity index (χ3n) is 4.21. The summed E-state index contributed by atoms with van der Waals surface area (Å²) in [5.74, 6) is 1.43. The summed E-state index contributed by atoms with van der Waals surface area (Å²) in [7, 11) is 0. The average molecular weight is 371 g/mol. The molecular formula is C19H16Cl2N4. The summed E-state index contributed by atoms with van der Waals surface area (Å²) in [6.45, 7) is 1.80. The molecule has 126 valence electrons. The van der Waals surface area contributed by atoms with Gasteiger partial charge in [-0.05, 0) is 41.8 Å². The molecule has 0 bridgehead atoms. The molecule has 25 heavy (non-hydrogen) atoms. The SMILES string of the molecule is Clc1cc(Cl)cc(Nc2nccc(N3CCc4ccccc4C3)n2)c1. The molecule has 1 aromatic heterocycles. The monoisotopic (exact) mass is 370 g/mol. The minimum Gasteiger partial charge on any atom is -0.352 e. The number of benzene rings is 2. The van der Waals surface area contributed by atoms with Gasteiger partial charge in [-0.2, -0.15) is 4.98 Å². The zero-order valence-electron chi connectivity index (χ0n) is 13.4. The van der Waals surface area contributed by atoms with Crippen LogP contribution in [0.5, 0.6) is 0 Å². The number of nitrogens with zero attached hydrogens (tertiary/aromatic N) is 3. The molecule has 4 nitrogen and oxygen atoms in total. The molecule has 6 heteroatoms. The van der Waals surface area contributed by atoms with Gasteiger partial charge in [-0.1, -0.05) is 47.5 Å². The maximum atomic E-state index is 6.04. The molecule has 4 rings (SSSR count). The third-order valence-corrected chi connectivity index (χ3v) is 4.65. The summed E-state index contributed by atoms with van der Waals surface area (Å²) < 4.78 is 0. The topological polar surface area (TPSA) is 41.1 Å². The summed E-state index contributed by atoms with van der Waals surface area (Å²) in [6, 6.07) is 15.8. The number of hydrogen-bond acceptors (Lipinski definition) is 4. The Morgan fingerprint density at radius 2 is 1.72 bits per heavy atom. The Morgan fingerprint density at radius 3 is 2.52 bits per heavy atom. The lowest BCUT2D eigenvalue weighted by Gasteiger charge is -2.29. The van der Waals surface area contributed by atoms with Gasteiger partial charge in [0.05, 0.1) is 0 Å². The Kier molecular flexibility index (Phi) is 4.47. The van der Waals surface area contributed by atoms with Crippen molar-refractivity contribution in [3.8, 4) is 0 Å². The number of nitrogens with one attached hydrogen (secondary N) is 1. The van der Waals surface area contributed by atoms with Crippen molar-refractivity contribution in [1.82, 2.24) is 9.97 Å². The van der Waals surface area contributed by atoms with Crippen molar-refractivity contribution < 1.29 is 0 Å². The Labute approximate surface area is 156 Å². The summed E-state index contributed by atoms with van der Waals surface area (Å²) in [5, 5.41) is 4.30. The van der Waals surface area contributed by atoms with Crippen LogP contribution in [0.25, 0.3) is 0 Å². The largest absolute Gasteiger partial charge is 0.352 e. The fourth-order valence-corrected chi connectivity index (χ4v) is 3.56. The van der Waals surface area contributed by atoms with Gasteiger partial charge in [0.15, 0.2) is 0 Å². The first kappa shape index (κ1) is 16.2. The van der Waals surface area contributed by atoms with Crippen molar-refractivity contribution in [2.75, 3.05) is 16.8 Å². The van der Waals surface area contributed by atoms with Crippen molar-refractivity contribution in [3.05, 3.63) is 75.9 Å². The van der Waals surface area contributed by atoms with Crippen LogP contribution in [-0.2, 0) is 13.0 Å². The van der Waals surface area contributed by atoms with E-state index in [2.05, 4.69) is 44.5 Å². The number of halogens is 2. The van der Waals surface area contributed by atoms with E-state index in [-0.39, 0.29) is 0 Å². The van der Waals surface area contributed by atoms with Crippen LogP contribution in [0, 0.1) is 0 Å². The molecule has 1 N–H and O–H groups in total. The van der Waals surface area contributed by atoms with Crippen LogP contribution in [0.3, 0.4) is 0 Å². The van der Waals surface area contributed by atoms with E-state index in [0.29, 0.717) is 16.0 Å². The fraction of sp³-hybridized carbons (Fsp3) is 0.158. The van der Waals surface area contributed by atoms with Gasteiger partial charge in [0, 0.05) is 35.0 Å². The maximum Gasteiger partial charge on any atom is 0.229 e. The van der Waals surface area contributed by atoms with E-state index in [1.54, 1.807) is 24.4 Å². The molecule has 3 aromatic rings. The molecule has 0 radical (unpaired) electrons. The van der Waals surface area contributed by atoms with E-state index in [0.717, 1.165) is 31.0 Å². The normalized spacial score (nSPS) is 13.4. The summed E-state index contributed by atoms with van der Waals surface area (Å²) in [4.78, 5) is 11.2. The van der Waals surface area contributed by atoms with E-state index in [1.807, 2.05) is 6.07 Å². The Hall–Kier alpha value is -2.30. The molecule has 0 atom stereocenters. The van der Waals surface area contributed by atoms with Crippen molar-refractivity contribution in [2.45, 2.75) is 13.0 Å². The highest BCUT2D eigenvalue weighted by molar-refractivity contribution is 6.35. The second-order valence-electron chi connectivity index (χ2n) is 5.96. The molecule has 1 aliphatic heterocycles. The van der Waals surface area contributed by atoms with Gasteiger partial charge < -0.3 is 10.2 Å². The second kappa shape index (κ2) is 6.90. The lowest BCUT2D eigenvalue weighted by Crippen LogP contribution is -2.31. The third kappa shape index (κ3) is 3.70. The average Bonchev–Trinajstić information content (AvgIpc) is 2.61. The zero-order chi connectivity index (χ0) is 17.2. The van der Waals surface area contributed by atoms with E-state index in [1.165, 1.54) is 11.1 Å². The first-order valence-electron chi connectivity index (χ1n) is 8.05. The maximum absolute atomic E-state index is 6.04. The van der Waals surface area contributed by atoms with Gasteiger partial charge in [-0.3, -0.25) is 0 Å². The molecule has 0 amide bonds. The molecule has 0 spiro atoms. The Bertz CT molecular complexity index is 893. The number of aromatic nitrogens is 2. The van der Waals surface area contributed by atoms with Crippen molar-refractivity contribution in [3.63, 3.8) is 0 Å². The first-order chi connectivity index (χ1) is 12.2. The minimum absolute atomic E-state index is 0.523. The van der Waals surface area contributed by atoms with Crippen LogP contribution >= 0.6 is 23.2 Å². The molecule has 0 fully saturated rings. The van der Waals surface area contributed by atoms with Crippen LogP contribution in [0.15, 0.2) is 54.7 Å². The number of anilines is 3. The molecular weight excluding hydrogens is 355 g/mol. The van der Waals surface area contributed by atoms with Gasteiger partial charge in [-0.15, -0.1) is 0 Å². The summed E-state index contributed by atoms with van der Waals surface area (Å²) in [5.41, 5.74) is 3.53. The first-order valence-corrected chi connectivity index (χ1v) is 8.81. The van der Waals surface area contributed by atoms with Crippen LogP contribution in [0.1, 0.15) is 11.1 Å². The van der Waals surface area contributed by atoms with Gasteiger partial charge >= 0.3 is 0 Å². The van der Waals surface area contributed by atoms with Gasteiger partial charge in [0.25, 0.3) is 0 Å². The highest BCUT2D eigenvalue weighted by Gasteiger charge is 2.17. The second-order valence-corrected chi connectivity index (χ2v) is 6.83. The van der Waals surface area contributed by atoms with Crippen molar-refractivity contribution >= 4 is 40.7 Å². The molecule has 0 unspecified atom stereocenters. The predicted molar refractivity (Wildman–Crippen MR) is 103 cm³/mol. The Morgan fingerprint density at radius 1 is 0.960 bits per heavy atom. The van der Waals surface area contributed by atoms with Crippen LogP contribution in [0.2, 0.25) is 10.0 Å². The van der Waals surface area contributed by atoms with Gasteiger partial charge in [0.1, 0.15) is 5.82 Å². The number of rotatable bonds is 3. The van der Waals surface area contributed by atoms with Crippen LogP contribution in [0.4, 0.5) is 17.5 Å². The van der Waals surface area contributed by atoms with Gasteiger partial charge in [0.2, 0.25) is 5.95 Å². The fourth-order valence-electron chi connectivity index (χ4n) is 3.03. The molecule has 2 heterocycles. The van der Waals surface area contributed by atoms with Crippen LogP contribution < -0.4 is 10.2 Å². The van der Waals surface area contributed by atoms with E-state index in [9.17, 15) is 0 Å². The van der Waals surface area contributed by atoms with Crippen molar-refractivity contribution in [1.29, 1.82) is 0 Å². The van der Waals surface area contributed by atoms with Gasteiger partial charge in [-0.25, -0.2) is 4.98 Å². The van der Waals surface area contributed by atoms with Crippen molar-refractivity contribution in [2.24, 2.45) is 0 Å². The molecule has 0 aliphatic carbocycles. The molecule has 1 aliphatic rings. The summed E-state index contributed by atoms with van der Waals surface area (Å²) in [6.07, 6.45) is 2.78. The number of fused-ring (bicyclic) bond motifs is 1. The molecule has 0 saturated carbocycles. The highest BCUT2D eigenvalue weighted by atomic mass is 35.5. The zero-order valence-corrected chi connectivity index (χ0v) is 14.9.